The molecule has 76 valence electrons. The third-order valence-electron chi connectivity index (χ3n) is 1.79. The van der Waals surface area contributed by atoms with Crippen LogP contribution in [0.15, 0.2) is 29.4 Å². The van der Waals surface area contributed by atoms with Crippen LogP contribution in [-0.4, -0.2) is 6.21 Å². The molecule has 0 saturated heterocycles. The average molecular weight is 191 g/mol. The van der Waals surface area contributed by atoms with Crippen LogP contribution in [0.2, 0.25) is 0 Å². The Morgan fingerprint density at radius 2 is 1.93 bits per heavy atom. The fourth-order valence-electron chi connectivity index (χ4n) is 0.961. The zero-order valence-electron chi connectivity index (χ0n) is 9.03. The highest BCUT2D eigenvalue weighted by atomic mass is 16.6. The van der Waals surface area contributed by atoms with Crippen LogP contribution in [0.25, 0.3) is 0 Å². The standard InChI is InChI=1S/C12H17NO/c1-10(2)8-13-14-9-12-6-4-11(3)5-7-12/h4-8,10H,9H2,1-3H3. The second kappa shape index (κ2) is 5.43. The van der Waals surface area contributed by atoms with Gasteiger partial charge in [-0.15, -0.1) is 0 Å². The molecule has 0 N–H and O–H groups in total. The van der Waals surface area contributed by atoms with Gasteiger partial charge in [-0.25, -0.2) is 0 Å². The van der Waals surface area contributed by atoms with Gasteiger partial charge in [0.2, 0.25) is 0 Å². The maximum Gasteiger partial charge on any atom is 0.142 e. The molecule has 0 heterocycles. The minimum absolute atomic E-state index is 0.438. The Morgan fingerprint density at radius 1 is 1.29 bits per heavy atom. The molecule has 1 aromatic carbocycles. The van der Waals surface area contributed by atoms with E-state index in [9.17, 15) is 0 Å². The number of aryl methyl sites for hydroxylation is 1. The van der Waals surface area contributed by atoms with Gasteiger partial charge in [-0.3, -0.25) is 0 Å². The van der Waals surface area contributed by atoms with Crippen molar-refractivity contribution in [1.29, 1.82) is 0 Å². The Labute approximate surface area is 85.6 Å². The molecule has 0 saturated carbocycles. The van der Waals surface area contributed by atoms with Gasteiger partial charge in [0, 0.05) is 6.21 Å². The van der Waals surface area contributed by atoms with Crippen LogP contribution < -0.4 is 0 Å². The quantitative estimate of drug-likeness (QED) is 0.529. The van der Waals surface area contributed by atoms with Crippen LogP contribution in [0, 0.1) is 12.8 Å². The zero-order chi connectivity index (χ0) is 10.4. The van der Waals surface area contributed by atoms with Crippen LogP contribution in [0.3, 0.4) is 0 Å². The molecule has 14 heavy (non-hydrogen) atoms. The topological polar surface area (TPSA) is 21.6 Å². The first-order valence-corrected chi connectivity index (χ1v) is 4.89. The lowest BCUT2D eigenvalue weighted by atomic mass is 10.2. The second-order valence-electron chi connectivity index (χ2n) is 3.76. The fraction of sp³-hybridized carbons (Fsp3) is 0.417. The van der Waals surface area contributed by atoms with Gasteiger partial charge >= 0.3 is 0 Å². The van der Waals surface area contributed by atoms with Crippen molar-refractivity contribution in [3.63, 3.8) is 0 Å². The van der Waals surface area contributed by atoms with E-state index >= 15 is 0 Å². The highest BCUT2D eigenvalue weighted by Crippen LogP contribution is 2.04. The molecular formula is C12H17NO. The van der Waals surface area contributed by atoms with Crippen molar-refractivity contribution in [2.45, 2.75) is 27.4 Å². The molecule has 1 aromatic rings. The Kier molecular flexibility index (Phi) is 4.17. The van der Waals surface area contributed by atoms with Gasteiger partial charge in [-0.2, -0.15) is 0 Å². The van der Waals surface area contributed by atoms with E-state index in [2.05, 4.69) is 50.2 Å². The van der Waals surface area contributed by atoms with Gasteiger partial charge in [-0.05, 0) is 18.4 Å². The van der Waals surface area contributed by atoms with Gasteiger partial charge in [0.25, 0.3) is 0 Å². The smallest absolute Gasteiger partial charge is 0.142 e. The molecule has 0 spiro atoms. The Balaban J connectivity index is 2.35. The summed E-state index contributed by atoms with van der Waals surface area (Å²) in [6.07, 6.45) is 1.80. The minimum Gasteiger partial charge on any atom is -0.391 e. The van der Waals surface area contributed by atoms with Crippen LogP contribution >= 0.6 is 0 Å². The Bertz CT molecular complexity index is 288. The SMILES string of the molecule is Cc1ccc(CON=CC(C)C)cc1. The summed E-state index contributed by atoms with van der Waals surface area (Å²) < 4.78 is 0. The first kappa shape index (κ1) is 10.8. The molecule has 0 aromatic heterocycles. The molecule has 0 aliphatic heterocycles. The molecular weight excluding hydrogens is 174 g/mol. The molecule has 0 atom stereocenters. The Morgan fingerprint density at radius 3 is 2.50 bits per heavy atom. The summed E-state index contributed by atoms with van der Waals surface area (Å²) in [4.78, 5) is 5.14. The van der Waals surface area contributed by atoms with Crippen LogP contribution in [0.1, 0.15) is 25.0 Å². The number of hydrogen-bond donors (Lipinski definition) is 0. The van der Waals surface area contributed by atoms with Crippen molar-refractivity contribution in [2.75, 3.05) is 0 Å². The third kappa shape index (κ3) is 4.08. The van der Waals surface area contributed by atoms with Crippen molar-refractivity contribution in [1.82, 2.24) is 0 Å². The molecule has 0 amide bonds. The third-order valence-corrected chi connectivity index (χ3v) is 1.79. The summed E-state index contributed by atoms with van der Waals surface area (Å²) in [5.41, 5.74) is 2.41. The number of oxime groups is 1. The predicted octanol–water partition coefficient (Wildman–Crippen LogP) is 3.15. The zero-order valence-corrected chi connectivity index (χ0v) is 9.03. The minimum atomic E-state index is 0.438. The van der Waals surface area contributed by atoms with Crippen molar-refractivity contribution in [3.8, 4) is 0 Å². The molecule has 1 rings (SSSR count). The normalized spacial score (nSPS) is 11.1. The summed E-state index contributed by atoms with van der Waals surface area (Å²) in [5.74, 6) is 0.438. The molecule has 0 fully saturated rings. The molecule has 0 aliphatic carbocycles. The summed E-state index contributed by atoms with van der Waals surface area (Å²) in [5, 5.41) is 3.86. The van der Waals surface area contributed by atoms with Crippen molar-refractivity contribution in [2.24, 2.45) is 11.1 Å². The van der Waals surface area contributed by atoms with Gasteiger partial charge in [-0.1, -0.05) is 48.8 Å². The van der Waals surface area contributed by atoms with E-state index in [1.54, 1.807) is 6.21 Å². The average Bonchev–Trinajstić information content (AvgIpc) is 2.15. The molecule has 2 nitrogen and oxygen atoms in total. The van der Waals surface area contributed by atoms with E-state index in [-0.39, 0.29) is 0 Å². The van der Waals surface area contributed by atoms with Crippen molar-refractivity contribution in [3.05, 3.63) is 35.4 Å². The Hall–Kier alpha value is -1.31. The number of rotatable bonds is 4. The summed E-state index contributed by atoms with van der Waals surface area (Å²) >= 11 is 0. The van der Waals surface area contributed by atoms with Crippen LogP contribution in [0.4, 0.5) is 0 Å². The lowest BCUT2D eigenvalue weighted by Crippen LogP contribution is -1.91. The molecule has 0 bridgehead atoms. The summed E-state index contributed by atoms with van der Waals surface area (Å²) in [6, 6.07) is 8.26. The van der Waals surface area contributed by atoms with E-state index in [0.717, 1.165) is 5.56 Å². The molecule has 0 unspecified atom stereocenters. The highest BCUT2D eigenvalue weighted by molar-refractivity contribution is 5.58. The summed E-state index contributed by atoms with van der Waals surface area (Å²) in [6.45, 7) is 6.75. The lowest BCUT2D eigenvalue weighted by Gasteiger charge is -2.00. The van der Waals surface area contributed by atoms with E-state index in [4.69, 9.17) is 4.84 Å². The first-order chi connectivity index (χ1) is 6.68. The van der Waals surface area contributed by atoms with E-state index in [0.29, 0.717) is 12.5 Å². The predicted molar refractivity (Wildman–Crippen MR) is 59.3 cm³/mol. The van der Waals surface area contributed by atoms with Gasteiger partial charge < -0.3 is 4.84 Å². The van der Waals surface area contributed by atoms with Crippen LogP contribution in [0.5, 0.6) is 0 Å². The number of nitrogens with zero attached hydrogens (tertiary/aromatic N) is 1. The molecule has 2 heteroatoms. The molecule has 0 radical (unpaired) electrons. The number of hydrogen-bond acceptors (Lipinski definition) is 2. The van der Waals surface area contributed by atoms with Gasteiger partial charge in [0.15, 0.2) is 0 Å². The second-order valence-corrected chi connectivity index (χ2v) is 3.76. The van der Waals surface area contributed by atoms with Crippen molar-refractivity contribution < 1.29 is 4.84 Å². The lowest BCUT2D eigenvalue weighted by molar-refractivity contribution is 0.131. The van der Waals surface area contributed by atoms with E-state index in [1.807, 2.05) is 0 Å². The van der Waals surface area contributed by atoms with Crippen LogP contribution in [-0.2, 0) is 11.4 Å². The molecule has 0 aliphatic rings. The summed E-state index contributed by atoms with van der Waals surface area (Å²) in [7, 11) is 0. The van der Waals surface area contributed by atoms with Gasteiger partial charge in [0.1, 0.15) is 6.61 Å². The monoisotopic (exact) mass is 191 g/mol. The largest absolute Gasteiger partial charge is 0.391 e. The van der Waals surface area contributed by atoms with Crippen molar-refractivity contribution >= 4 is 6.21 Å². The van der Waals surface area contributed by atoms with E-state index in [1.165, 1.54) is 5.56 Å². The maximum atomic E-state index is 5.14. The first-order valence-electron chi connectivity index (χ1n) is 4.89. The highest BCUT2D eigenvalue weighted by Gasteiger charge is 1.91. The van der Waals surface area contributed by atoms with Gasteiger partial charge in [0.05, 0.1) is 0 Å². The maximum absolute atomic E-state index is 5.14. The number of benzene rings is 1. The van der Waals surface area contributed by atoms with E-state index < -0.39 is 0 Å². The fourth-order valence-corrected chi connectivity index (χ4v) is 0.961.